The van der Waals surface area contributed by atoms with Crippen LogP contribution in [-0.2, 0) is 12.8 Å². The van der Waals surface area contributed by atoms with Gasteiger partial charge >= 0.3 is 0 Å². The maximum Gasteiger partial charge on any atom is 0.129 e. The summed E-state index contributed by atoms with van der Waals surface area (Å²) in [5.74, 6) is -0.334. The Morgan fingerprint density at radius 1 is 1.28 bits per heavy atom. The molecule has 2 N–H and O–H groups in total. The van der Waals surface area contributed by atoms with E-state index in [0.717, 1.165) is 23.8 Å². The number of aryl methyl sites for hydroxylation is 1. The summed E-state index contributed by atoms with van der Waals surface area (Å²) in [7, 11) is 0. The Kier molecular flexibility index (Phi) is 3.77. The van der Waals surface area contributed by atoms with Crippen LogP contribution in [0.2, 0.25) is 0 Å². The molecule has 0 aliphatic rings. The van der Waals surface area contributed by atoms with Crippen LogP contribution in [0.25, 0.3) is 0 Å². The van der Waals surface area contributed by atoms with Crippen LogP contribution in [-0.4, -0.2) is 0 Å². The molecule has 0 amide bonds. The summed E-state index contributed by atoms with van der Waals surface area (Å²) in [4.78, 5) is 0. The average Bonchev–Trinajstić information content (AvgIpc) is 2.81. The summed E-state index contributed by atoms with van der Waals surface area (Å²) in [6.07, 6.45) is 2.63. The largest absolute Gasteiger partial charge is 0.469 e. The van der Waals surface area contributed by atoms with Gasteiger partial charge in [0.05, 0.1) is 6.26 Å². The van der Waals surface area contributed by atoms with E-state index < -0.39 is 11.6 Å². The Labute approximate surface area is 104 Å². The van der Waals surface area contributed by atoms with Crippen LogP contribution >= 0.6 is 0 Å². The van der Waals surface area contributed by atoms with Crippen molar-refractivity contribution in [2.45, 2.75) is 25.8 Å². The standard InChI is InChI=1S/C14H15F2NO/c1-2-14-11(5-6-18-14)13(17)7-9-3-4-10(15)8-12(9)16/h3-6,8,13H,2,7,17H2,1H3. The Balaban J connectivity index is 2.18. The van der Waals surface area contributed by atoms with E-state index in [1.165, 1.54) is 12.1 Å². The van der Waals surface area contributed by atoms with Crippen LogP contribution in [0.5, 0.6) is 0 Å². The van der Waals surface area contributed by atoms with E-state index in [-0.39, 0.29) is 6.04 Å². The molecule has 2 aromatic rings. The summed E-state index contributed by atoms with van der Waals surface area (Å²) in [5.41, 5.74) is 7.32. The first kappa shape index (κ1) is 12.8. The molecule has 1 aromatic carbocycles. The van der Waals surface area contributed by atoms with Gasteiger partial charge in [0.1, 0.15) is 17.4 Å². The SMILES string of the molecule is CCc1occc1C(N)Cc1ccc(F)cc1F. The molecule has 2 nitrogen and oxygen atoms in total. The number of furan rings is 1. The molecule has 18 heavy (non-hydrogen) atoms. The number of benzene rings is 1. The number of hydrogen-bond donors (Lipinski definition) is 1. The molecule has 0 aliphatic carbocycles. The van der Waals surface area contributed by atoms with Gasteiger partial charge in [0.2, 0.25) is 0 Å². The van der Waals surface area contributed by atoms with Crippen molar-refractivity contribution in [3.63, 3.8) is 0 Å². The summed E-state index contributed by atoms with van der Waals surface area (Å²) < 4.78 is 31.6. The first-order chi connectivity index (χ1) is 8.61. The van der Waals surface area contributed by atoms with E-state index in [4.69, 9.17) is 10.2 Å². The van der Waals surface area contributed by atoms with Crippen LogP contribution in [0.15, 0.2) is 34.9 Å². The molecular weight excluding hydrogens is 236 g/mol. The van der Waals surface area contributed by atoms with Crippen LogP contribution in [0.4, 0.5) is 8.78 Å². The van der Waals surface area contributed by atoms with Gasteiger partial charge in [-0.05, 0) is 24.1 Å². The lowest BCUT2D eigenvalue weighted by molar-refractivity contribution is 0.503. The van der Waals surface area contributed by atoms with Gasteiger partial charge in [0, 0.05) is 24.1 Å². The molecule has 4 heteroatoms. The molecule has 0 radical (unpaired) electrons. The Hall–Kier alpha value is -1.68. The van der Waals surface area contributed by atoms with Crippen molar-refractivity contribution in [3.05, 3.63) is 59.1 Å². The molecule has 0 bridgehead atoms. The van der Waals surface area contributed by atoms with E-state index in [2.05, 4.69) is 0 Å². The maximum atomic E-state index is 13.5. The van der Waals surface area contributed by atoms with Crippen LogP contribution in [0.3, 0.4) is 0 Å². The summed E-state index contributed by atoms with van der Waals surface area (Å²) in [5, 5.41) is 0. The fourth-order valence-corrected chi connectivity index (χ4v) is 2.00. The predicted octanol–water partition coefficient (Wildman–Crippen LogP) is 3.36. The van der Waals surface area contributed by atoms with Crippen LogP contribution < -0.4 is 5.73 Å². The molecule has 96 valence electrons. The highest BCUT2D eigenvalue weighted by atomic mass is 19.1. The van der Waals surface area contributed by atoms with Crippen molar-refractivity contribution in [2.24, 2.45) is 5.73 Å². The van der Waals surface area contributed by atoms with Crippen molar-refractivity contribution in [2.75, 3.05) is 0 Å². The summed E-state index contributed by atoms with van der Waals surface area (Å²) >= 11 is 0. The molecule has 1 atom stereocenters. The number of halogens is 2. The molecule has 0 saturated carbocycles. The third-order valence-electron chi connectivity index (χ3n) is 2.96. The molecule has 1 aromatic heterocycles. The fourth-order valence-electron chi connectivity index (χ4n) is 2.00. The molecule has 0 fully saturated rings. The lowest BCUT2D eigenvalue weighted by Gasteiger charge is -2.12. The fraction of sp³-hybridized carbons (Fsp3) is 0.286. The van der Waals surface area contributed by atoms with Gasteiger partial charge in [0.25, 0.3) is 0 Å². The third-order valence-corrected chi connectivity index (χ3v) is 2.96. The van der Waals surface area contributed by atoms with Gasteiger partial charge in [-0.25, -0.2) is 8.78 Å². The van der Waals surface area contributed by atoms with Crippen molar-refractivity contribution < 1.29 is 13.2 Å². The number of rotatable bonds is 4. The average molecular weight is 251 g/mol. The number of hydrogen-bond acceptors (Lipinski definition) is 2. The number of nitrogens with two attached hydrogens (primary N) is 1. The molecule has 0 aliphatic heterocycles. The highest BCUT2D eigenvalue weighted by molar-refractivity contribution is 5.26. The van der Waals surface area contributed by atoms with Gasteiger partial charge in [-0.2, -0.15) is 0 Å². The Morgan fingerprint density at radius 2 is 2.06 bits per heavy atom. The molecular formula is C14H15F2NO. The highest BCUT2D eigenvalue weighted by Gasteiger charge is 2.15. The van der Waals surface area contributed by atoms with Crippen molar-refractivity contribution in [1.82, 2.24) is 0 Å². The lowest BCUT2D eigenvalue weighted by Crippen LogP contribution is -2.15. The minimum absolute atomic E-state index is 0.318. The van der Waals surface area contributed by atoms with E-state index >= 15 is 0 Å². The zero-order valence-corrected chi connectivity index (χ0v) is 10.1. The van der Waals surface area contributed by atoms with E-state index in [0.29, 0.717) is 12.0 Å². The quantitative estimate of drug-likeness (QED) is 0.904. The second-order valence-corrected chi connectivity index (χ2v) is 4.20. The first-order valence-corrected chi connectivity index (χ1v) is 5.87. The minimum atomic E-state index is -0.581. The first-order valence-electron chi connectivity index (χ1n) is 5.87. The second kappa shape index (κ2) is 5.31. The highest BCUT2D eigenvalue weighted by Crippen LogP contribution is 2.23. The molecule has 1 heterocycles. The molecule has 0 spiro atoms. The smallest absolute Gasteiger partial charge is 0.129 e. The zero-order chi connectivity index (χ0) is 13.1. The molecule has 0 saturated heterocycles. The van der Waals surface area contributed by atoms with Crippen LogP contribution in [0.1, 0.15) is 29.9 Å². The van der Waals surface area contributed by atoms with Crippen molar-refractivity contribution in [1.29, 1.82) is 0 Å². The summed E-state index contributed by atoms with van der Waals surface area (Å²) in [6.45, 7) is 1.97. The monoisotopic (exact) mass is 251 g/mol. The van der Waals surface area contributed by atoms with Crippen molar-refractivity contribution >= 4 is 0 Å². The third kappa shape index (κ3) is 2.59. The Bertz CT molecular complexity index is 536. The second-order valence-electron chi connectivity index (χ2n) is 4.20. The van der Waals surface area contributed by atoms with Gasteiger partial charge in [-0.1, -0.05) is 13.0 Å². The van der Waals surface area contributed by atoms with Crippen molar-refractivity contribution in [3.8, 4) is 0 Å². The van der Waals surface area contributed by atoms with Gasteiger partial charge in [0.15, 0.2) is 0 Å². The molecule has 2 rings (SSSR count). The molecule has 1 unspecified atom stereocenters. The normalized spacial score (nSPS) is 12.7. The van der Waals surface area contributed by atoms with E-state index in [1.54, 1.807) is 12.3 Å². The van der Waals surface area contributed by atoms with Gasteiger partial charge in [-0.15, -0.1) is 0 Å². The van der Waals surface area contributed by atoms with E-state index in [9.17, 15) is 8.78 Å². The van der Waals surface area contributed by atoms with Gasteiger partial charge < -0.3 is 10.2 Å². The minimum Gasteiger partial charge on any atom is -0.469 e. The zero-order valence-electron chi connectivity index (χ0n) is 10.1. The van der Waals surface area contributed by atoms with Crippen LogP contribution in [0, 0.1) is 11.6 Å². The maximum absolute atomic E-state index is 13.5. The van der Waals surface area contributed by atoms with E-state index in [1.807, 2.05) is 6.92 Å². The van der Waals surface area contributed by atoms with Gasteiger partial charge in [-0.3, -0.25) is 0 Å². The Morgan fingerprint density at radius 3 is 2.72 bits per heavy atom. The summed E-state index contributed by atoms with van der Waals surface area (Å²) in [6, 6.07) is 4.99. The topological polar surface area (TPSA) is 39.2 Å². The predicted molar refractivity (Wildman–Crippen MR) is 65.1 cm³/mol. The lowest BCUT2D eigenvalue weighted by atomic mass is 9.99.